The number of hydrogen-bond acceptors (Lipinski definition) is 3. The zero-order chi connectivity index (χ0) is 15.7. The summed E-state index contributed by atoms with van der Waals surface area (Å²) < 4.78 is 1.58. The normalized spacial score (nSPS) is 17.2. The number of aromatic nitrogens is 2. The van der Waals surface area contributed by atoms with Crippen molar-refractivity contribution in [1.82, 2.24) is 14.7 Å². The van der Waals surface area contributed by atoms with Gasteiger partial charge in [0.2, 0.25) is 0 Å². The minimum atomic E-state index is -0.0377. The zero-order valence-electron chi connectivity index (χ0n) is 12.3. The number of carbonyl (C=O) groups excluding carboxylic acids is 1. The highest BCUT2D eigenvalue weighted by atomic mass is 35.5. The van der Waals surface area contributed by atoms with E-state index in [-0.39, 0.29) is 24.4 Å². The summed E-state index contributed by atoms with van der Waals surface area (Å²) >= 11 is 12.1. The second kappa shape index (κ2) is 7.53. The minimum absolute atomic E-state index is 0. The smallest absolute Gasteiger partial charge is 0.257 e. The Morgan fingerprint density at radius 3 is 2.87 bits per heavy atom. The third-order valence-corrected chi connectivity index (χ3v) is 4.43. The molecule has 1 aromatic heterocycles. The van der Waals surface area contributed by atoms with Crippen molar-refractivity contribution in [2.24, 2.45) is 5.73 Å². The van der Waals surface area contributed by atoms with Crippen LogP contribution in [0, 0.1) is 0 Å². The molecule has 0 aliphatic carbocycles. The maximum absolute atomic E-state index is 12.6. The number of amides is 1. The third-order valence-electron chi connectivity index (χ3n) is 3.90. The van der Waals surface area contributed by atoms with Gasteiger partial charge in [0.05, 0.1) is 22.5 Å². The molecule has 1 fully saturated rings. The number of halogens is 3. The first-order valence-electron chi connectivity index (χ1n) is 7.11. The monoisotopic (exact) mass is 374 g/mol. The summed E-state index contributed by atoms with van der Waals surface area (Å²) in [6.45, 7) is 1.23. The summed E-state index contributed by atoms with van der Waals surface area (Å²) in [5, 5.41) is 5.27. The third kappa shape index (κ3) is 3.63. The number of nitrogens with two attached hydrogens (primary N) is 1. The van der Waals surface area contributed by atoms with Crippen molar-refractivity contribution in [1.29, 1.82) is 0 Å². The lowest BCUT2D eigenvalue weighted by atomic mass is 10.2. The minimum Gasteiger partial charge on any atom is -0.334 e. The Labute approximate surface area is 150 Å². The highest BCUT2D eigenvalue weighted by molar-refractivity contribution is 6.35. The second-order valence-corrected chi connectivity index (χ2v) is 6.14. The molecule has 0 radical (unpaired) electrons. The highest BCUT2D eigenvalue weighted by Crippen LogP contribution is 2.25. The molecular formula is C15H17Cl3N4O. The first-order chi connectivity index (χ1) is 10.6. The molecule has 1 saturated heterocycles. The number of hydrogen-bond donors (Lipinski definition) is 1. The van der Waals surface area contributed by atoms with Crippen molar-refractivity contribution in [3.63, 3.8) is 0 Å². The molecule has 0 bridgehead atoms. The van der Waals surface area contributed by atoms with Gasteiger partial charge in [-0.2, -0.15) is 5.10 Å². The fraction of sp³-hybridized carbons (Fsp3) is 0.333. The van der Waals surface area contributed by atoms with Crippen LogP contribution in [-0.2, 0) is 0 Å². The van der Waals surface area contributed by atoms with Gasteiger partial charge in [0.15, 0.2) is 0 Å². The van der Waals surface area contributed by atoms with E-state index in [1.165, 1.54) is 0 Å². The van der Waals surface area contributed by atoms with Crippen LogP contribution in [0.5, 0.6) is 0 Å². The average Bonchev–Trinajstić information content (AvgIpc) is 3.15. The second-order valence-electron chi connectivity index (χ2n) is 5.30. The molecule has 3 rings (SSSR count). The lowest BCUT2D eigenvalue weighted by Gasteiger charge is -2.22. The van der Waals surface area contributed by atoms with E-state index in [1.54, 1.807) is 35.3 Å². The molecule has 1 amide bonds. The molecule has 1 unspecified atom stereocenters. The first-order valence-corrected chi connectivity index (χ1v) is 7.87. The Kier molecular flexibility index (Phi) is 5.92. The summed E-state index contributed by atoms with van der Waals surface area (Å²) in [7, 11) is 0. The van der Waals surface area contributed by atoms with Gasteiger partial charge < -0.3 is 10.6 Å². The lowest BCUT2D eigenvalue weighted by molar-refractivity contribution is 0.0741. The van der Waals surface area contributed by atoms with E-state index in [0.29, 0.717) is 27.8 Å². The lowest BCUT2D eigenvalue weighted by Crippen LogP contribution is -2.39. The Morgan fingerprint density at radius 2 is 2.17 bits per heavy atom. The summed E-state index contributed by atoms with van der Waals surface area (Å²) in [6.07, 6.45) is 5.19. The van der Waals surface area contributed by atoms with E-state index >= 15 is 0 Å². The van der Waals surface area contributed by atoms with E-state index in [1.807, 2.05) is 4.90 Å². The fourth-order valence-electron chi connectivity index (χ4n) is 2.75. The number of nitrogens with zero attached hydrogens (tertiary/aromatic N) is 3. The molecule has 5 nitrogen and oxygen atoms in total. The molecule has 1 aliphatic heterocycles. The van der Waals surface area contributed by atoms with Gasteiger partial charge in [-0.15, -0.1) is 12.4 Å². The molecule has 124 valence electrons. The van der Waals surface area contributed by atoms with Crippen LogP contribution in [0.4, 0.5) is 0 Å². The van der Waals surface area contributed by atoms with E-state index in [2.05, 4.69) is 5.10 Å². The van der Waals surface area contributed by atoms with Crippen molar-refractivity contribution in [3.05, 3.63) is 46.2 Å². The molecule has 8 heteroatoms. The summed E-state index contributed by atoms with van der Waals surface area (Å²) in [6, 6.07) is 5.27. The molecule has 1 aliphatic rings. The van der Waals surface area contributed by atoms with E-state index in [4.69, 9.17) is 28.9 Å². The SMILES string of the molecule is Cl.NCC1CCCN1C(=O)c1cnn(-c2ccc(Cl)cc2Cl)c1. The highest BCUT2D eigenvalue weighted by Gasteiger charge is 2.29. The average molecular weight is 376 g/mol. The quantitative estimate of drug-likeness (QED) is 0.896. The maximum atomic E-state index is 12.6. The Hall–Kier alpha value is -1.27. The number of carbonyl (C=O) groups is 1. The summed E-state index contributed by atoms with van der Waals surface area (Å²) in [5.74, 6) is -0.0377. The van der Waals surface area contributed by atoms with Gasteiger partial charge in [0.25, 0.3) is 5.91 Å². The molecule has 2 N–H and O–H groups in total. The van der Waals surface area contributed by atoms with Gasteiger partial charge in [-0.25, -0.2) is 4.68 Å². The number of benzene rings is 1. The maximum Gasteiger partial charge on any atom is 0.257 e. The molecule has 2 aromatic rings. The van der Waals surface area contributed by atoms with Gasteiger partial charge in [-0.3, -0.25) is 4.79 Å². The summed E-state index contributed by atoms with van der Waals surface area (Å²) in [5.41, 5.74) is 6.94. The number of likely N-dealkylation sites (tertiary alicyclic amines) is 1. The Bertz CT molecular complexity index is 704. The van der Waals surface area contributed by atoms with Crippen molar-refractivity contribution in [3.8, 4) is 5.69 Å². The van der Waals surface area contributed by atoms with Crippen LogP contribution in [0.2, 0.25) is 10.0 Å². The molecule has 1 aromatic carbocycles. The largest absolute Gasteiger partial charge is 0.334 e. The van der Waals surface area contributed by atoms with Gasteiger partial charge >= 0.3 is 0 Å². The summed E-state index contributed by atoms with van der Waals surface area (Å²) in [4.78, 5) is 14.4. The molecule has 1 atom stereocenters. The van der Waals surface area contributed by atoms with Gasteiger partial charge in [0, 0.05) is 30.4 Å². The fourth-order valence-corrected chi connectivity index (χ4v) is 3.24. The predicted molar refractivity (Wildman–Crippen MR) is 93.9 cm³/mol. The molecule has 0 spiro atoms. The number of rotatable bonds is 3. The van der Waals surface area contributed by atoms with Crippen molar-refractivity contribution >= 4 is 41.5 Å². The van der Waals surface area contributed by atoms with Gasteiger partial charge in [-0.05, 0) is 31.0 Å². The van der Waals surface area contributed by atoms with Crippen molar-refractivity contribution in [2.45, 2.75) is 18.9 Å². The first kappa shape index (κ1) is 18.1. The molecule has 2 heterocycles. The van der Waals surface area contributed by atoms with Crippen molar-refractivity contribution in [2.75, 3.05) is 13.1 Å². The zero-order valence-corrected chi connectivity index (χ0v) is 14.6. The topological polar surface area (TPSA) is 64.2 Å². The standard InChI is InChI=1S/C15H16Cl2N4O.ClH/c16-11-3-4-14(13(17)6-11)21-9-10(8-19-21)15(22)20-5-1-2-12(20)7-18;/h3-4,6,8-9,12H,1-2,5,7,18H2;1H. The van der Waals surface area contributed by atoms with E-state index in [9.17, 15) is 4.79 Å². The van der Waals surface area contributed by atoms with Crippen LogP contribution >= 0.6 is 35.6 Å². The predicted octanol–water partition coefficient (Wildman–Crippen LogP) is 3.16. The van der Waals surface area contributed by atoms with Gasteiger partial charge in [-0.1, -0.05) is 23.2 Å². The van der Waals surface area contributed by atoms with Gasteiger partial charge in [0.1, 0.15) is 0 Å². The van der Waals surface area contributed by atoms with Crippen LogP contribution in [-0.4, -0.2) is 39.7 Å². The van der Waals surface area contributed by atoms with Crippen LogP contribution in [0.15, 0.2) is 30.6 Å². The Morgan fingerprint density at radius 1 is 1.39 bits per heavy atom. The molecule has 23 heavy (non-hydrogen) atoms. The molecular weight excluding hydrogens is 359 g/mol. The Balaban J connectivity index is 0.00000192. The molecule has 0 saturated carbocycles. The van der Waals surface area contributed by atoms with Crippen molar-refractivity contribution < 1.29 is 4.79 Å². The van der Waals surface area contributed by atoms with Crippen LogP contribution in [0.1, 0.15) is 23.2 Å². The van der Waals surface area contributed by atoms with Crippen LogP contribution < -0.4 is 5.73 Å². The van der Waals surface area contributed by atoms with Crippen LogP contribution in [0.3, 0.4) is 0 Å². The van der Waals surface area contributed by atoms with E-state index < -0.39 is 0 Å². The van der Waals surface area contributed by atoms with Crippen LogP contribution in [0.25, 0.3) is 5.69 Å². The van der Waals surface area contributed by atoms with E-state index in [0.717, 1.165) is 19.4 Å².